The van der Waals surface area contributed by atoms with Gasteiger partial charge < -0.3 is 10.2 Å². The quantitative estimate of drug-likeness (QED) is 0.672. The van der Waals surface area contributed by atoms with Crippen molar-refractivity contribution in [2.45, 2.75) is 37.1 Å². The Hall–Kier alpha value is -1.36. The Balaban J connectivity index is 0.00000261. The fourth-order valence-electron chi connectivity index (χ4n) is 3.94. The predicted molar refractivity (Wildman–Crippen MR) is 118 cm³/mol. The minimum absolute atomic E-state index is 0. The molecule has 0 bridgehead atoms. The zero-order valence-corrected chi connectivity index (χ0v) is 18.4. The molecule has 3 rings (SSSR count). The van der Waals surface area contributed by atoms with Crippen molar-refractivity contribution < 1.29 is 4.79 Å². The van der Waals surface area contributed by atoms with Gasteiger partial charge in [-0.15, -0.1) is 12.4 Å². The summed E-state index contributed by atoms with van der Waals surface area (Å²) < 4.78 is 0.984. The van der Waals surface area contributed by atoms with E-state index >= 15 is 0 Å². The van der Waals surface area contributed by atoms with E-state index in [1.807, 2.05) is 24.3 Å². The topological polar surface area (TPSA) is 32.3 Å². The van der Waals surface area contributed by atoms with Crippen LogP contribution in [-0.2, 0) is 0 Å². The minimum atomic E-state index is 0. The normalized spacial score (nSPS) is 22.1. The zero-order valence-electron chi connectivity index (χ0n) is 16.0. The van der Waals surface area contributed by atoms with Gasteiger partial charge in [0, 0.05) is 22.1 Å². The van der Waals surface area contributed by atoms with Crippen molar-refractivity contribution in [1.82, 2.24) is 10.2 Å². The molecule has 0 aliphatic heterocycles. The molecule has 0 heterocycles. The lowest BCUT2D eigenvalue weighted by molar-refractivity contribution is 0.0769. The molecule has 1 aliphatic rings. The Bertz CT molecular complexity index is 726. The molecule has 0 saturated heterocycles. The first-order valence-corrected chi connectivity index (χ1v) is 10.1. The molecule has 0 unspecified atom stereocenters. The molecule has 0 radical (unpaired) electrons. The SMILES string of the molecule is CN(C)C1(CNC(=O)c2ccc(Br)cc2)CCC(c2ccccc2)CC1.Cl. The Labute approximate surface area is 177 Å². The van der Waals surface area contributed by atoms with Gasteiger partial charge in [-0.25, -0.2) is 0 Å². The van der Waals surface area contributed by atoms with Crippen LogP contribution in [0, 0.1) is 0 Å². The van der Waals surface area contributed by atoms with Crippen molar-refractivity contribution in [3.05, 3.63) is 70.2 Å². The number of rotatable bonds is 5. The standard InChI is InChI=1S/C22H27BrN2O.ClH/c1-25(2)22(16-24-21(26)19-8-10-20(23)11-9-19)14-12-18(13-15-22)17-6-4-3-5-7-17;/h3-11,18H,12-16H2,1-2H3,(H,24,26);1H. The van der Waals surface area contributed by atoms with Gasteiger partial charge in [0.15, 0.2) is 0 Å². The van der Waals surface area contributed by atoms with Crippen molar-refractivity contribution in [2.24, 2.45) is 0 Å². The number of carbonyl (C=O) groups is 1. The summed E-state index contributed by atoms with van der Waals surface area (Å²) in [6.07, 6.45) is 4.52. The number of hydrogen-bond acceptors (Lipinski definition) is 2. The fraction of sp³-hybridized carbons (Fsp3) is 0.409. The lowest BCUT2D eigenvalue weighted by Crippen LogP contribution is -2.54. The third kappa shape index (κ3) is 5.34. The molecule has 1 amide bonds. The highest BCUT2D eigenvalue weighted by Gasteiger charge is 2.37. The lowest BCUT2D eigenvalue weighted by Gasteiger charge is -2.45. The van der Waals surface area contributed by atoms with Gasteiger partial charge in [0.05, 0.1) is 0 Å². The monoisotopic (exact) mass is 450 g/mol. The van der Waals surface area contributed by atoms with Crippen LogP contribution in [0.1, 0.15) is 47.5 Å². The average molecular weight is 452 g/mol. The Kier molecular flexibility index (Phi) is 7.90. The molecule has 1 N–H and O–H groups in total. The van der Waals surface area contributed by atoms with Crippen molar-refractivity contribution in [3.63, 3.8) is 0 Å². The van der Waals surface area contributed by atoms with Crippen LogP contribution in [0.3, 0.4) is 0 Å². The summed E-state index contributed by atoms with van der Waals surface area (Å²) in [5.41, 5.74) is 2.19. The van der Waals surface area contributed by atoms with Crippen molar-refractivity contribution >= 4 is 34.2 Å². The first kappa shape index (κ1) is 21.9. The van der Waals surface area contributed by atoms with E-state index in [-0.39, 0.29) is 23.9 Å². The fourth-order valence-corrected chi connectivity index (χ4v) is 4.21. The molecule has 1 fully saturated rings. The van der Waals surface area contributed by atoms with E-state index in [0.717, 1.165) is 30.2 Å². The number of halogens is 2. The average Bonchev–Trinajstić information content (AvgIpc) is 2.67. The van der Waals surface area contributed by atoms with Gasteiger partial charge in [-0.05, 0) is 75.5 Å². The number of nitrogens with one attached hydrogen (secondary N) is 1. The maximum Gasteiger partial charge on any atom is 0.251 e. The molecule has 5 heteroatoms. The van der Waals surface area contributed by atoms with Crippen LogP contribution < -0.4 is 5.32 Å². The molecule has 146 valence electrons. The van der Waals surface area contributed by atoms with E-state index in [0.29, 0.717) is 18.0 Å². The molecule has 0 spiro atoms. The number of carbonyl (C=O) groups excluding carboxylic acids is 1. The highest BCUT2D eigenvalue weighted by molar-refractivity contribution is 9.10. The van der Waals surface area contributed by atoms with E-state index in [9.17, 15) is 4.79 Å². The summed E-state index contributed by atoms with van der Waals surface area (Å²) in [6, 6.07) is 18.3. The highest BCUT2D eigenvalue weighted by atomic mass is 79.9. The molecule has 0 aromatic heterocycles. The van der Waals surface area contributed by atoms with Crippen LogP contribution in [-0.4, -0.2) is 37.0 Å². The smallest absolute Gasteiger partial charge is 0.251 e. The van der Waals surface area contributed by atoms with Crippen LogP contribution in [0.2, 0.25) is 0 Å². The number of nitrogens with zero attached hydrogens (tertiary/aromatic N) is 1. The van der Waals surface area contributed by atoms with Crippen LogP contribution in [0.25, 0.3) is 0 Å². The summed E-state index contributed by atoms with van der Waals surface area (Å²) in [5.74, 6) is 0.635. The Morgan fingerprint density at radius 3 is 2.22 bits per heavy atom. The van der Waals surface area contributed by atoms with Crippen molar-refractivity contribution in [3.8, 4) is 0 Å². The summed E-state index contributed by atoms with van der Waals surface area (Å²) in [4.78, 5) is 14.8. The van der Waals surface area contributed by atoms with Gasteiger partial charge in [0.1, 0.15) is 0 Å². The second kappa shape index (κ2) is 9.72. The molecular formula is C22H28BrClN2O. The maximum atomic E-state index is 12.5. The summed E-state index contributed by atoms with van der Waals surface area (Å²) in [5, 5.41) is 3.17. The second-order valence-corrected chi connectivity index (χ2v) is 8.41. The van der Waals surface area contributed by atoms with Crippen LogP contribution in [0.5, 0.6) is 0 Å². The second-order valence-electron chi connectivity index (χ2n) is 7.49. The molecule has 0 atom stereocenters. The third-order valence-corrected chi connectivity index (χ3v) is 6.35. The van der Waals surface area contributed by atoms with Crippen molar-refractivity contribution in [1.29, 1.82) is 0 Å². The minimum Gasteiger partial charge on any atom is -0.350 e. The Morgan fingerprint density at radius 2 is 1.67 bits per heavy atom. The van der Waals surface area contributed by atoms with Gasteiger partial charge in [0.2, 0.25) is 0 Å². The van der Waals surface area contributed by atoms with Gasteiger partial charge in [-0.1, -0.05) is 46.3 Å². The summed E-state index contributed by atoms with van der Waals surface area (Å²) >= 11 is 3.41. The lowest BCUT2D eigenvalue weighted by atomic mass is 9.73. The number of hydrogen-bond donors (Lipinski definition) is 1. The van der Waals surface area contributed by atoms with Gasteiger partial charge in [-0.3, -0.25) is 4.79 Å². The van der Waals surface area contributed by atoms with E-state index in [2.05, 4.69) is 70.6 Å². The van der Waals surface area contributed by atoms with Gasteiger partial charge in [-0.2, -0.15) is 0 Å². The van der Waals surface area contributed by atoms with Gasteiger partial charge >= 0.3 is 0 Å². The van der Waals surface area contributed by atoms with Crippen LogP contribution >= 0.6 is 28.3 Å². The number of amides is 1. The molecule has 1 saturated carbocycles. The number of benzene rings is 2. The molecule has 2 aromatic carbocycles. The van der Waals surface area contributed by atoms with Gasteiger partial charge in [0.25, 0.3) is 5.91 Å². The van der Waals surface area contributed by atoms with E-state index < -0.39 is 0 Å². The number of likely N-dealkylation sites (N-methyl/N-ethyl adjacent to an activating group) is 1. The Morgan fingerprint density at radius 1 is 1.07 bits per heavy atom. The molecular weight excluding hydrogens is 424 g/mol. The van der Waals surface area contributed by atoms with E-state index in [4.69, 9.17) is 0 Å². The molecule has 3 nitrogen and oxygen atoms in total. The molecule has 27 heavy (non-hydrogen) atoms. The maximum absolute atomic E-state index is 12.5. The first-order valence-electron chi connectivity index (χ1n) is 9.26. The third-order valence-electron chi connectivity index (χ3n) is 5.82. The van der Waals surface area contributed by atoms with E-state index in [1.165, 1.54) is 5.56 Å². The summed E-state index contributed by atoms with van der Waals surface area (Å²) in [7, 11) is 4.27. The first-order chi connectivity index (χ1) is 12.5. The zero-order chi connectivity index (χ0) is 18.6. The van der Waals surface area contributed by atoms with Crippen LogP contribution in [0.4, 0.5) is 0 Å². The molecule has 1 aliphatic carbocycles. The largest absolute Gasteiger partial charge is 0.350 e. The predicted octanol–water partition coefficient (Wildman–Crippen LogP) is 5.26. The van der Waals surface area contributed by atoms with Crippen LogP contribution in [0.15, 0.2) is 59.1 Å². The summed E-state index contributed by atoms with van der Waals surface area (Å²) in [6.45, 7) is 0.691. The van der Waals surface area contributed by atoms with E-state index in [1.54, 1.807) is 0 Å². The molecule has 2 aromatic rings. The van der Waals surface area contributed by atoms with Crippen molar-refractivity contribution in [2.75, 3.05) is 20.6 Å². The highest BCUT2D eigenvalue weighted by Crippen LogP contribution is 2.40.